The van der Waals surface area contributed by atoms with Crippen molar-refractivity contribution >= 4 is 29.1 Å². The van der Waals surface area contributed by atoms with E-state index in [4.69, 9.17) is 0 Å². The van der Waals surface area contributed by atoms with E-state index in [1.54, 1.807) is 0 Å². The van der Waals surface area contributed by atoms with Crippen molar-refractivity contribution in [3.63, 3.8) is 0 Å². The van der Waals surface area contributed by atoms with Crippen LogP contribution in [0.15, 0.2) is 42.5 Å². The van der Waals surface area contributed by atoms with Gasteiger partial charge in [0.1, 0.15) is 0 Å². The highest BCUT2D eigenvalue weighted by atomic mass is 35.5. The molecule has 2 aromatic rings. The maximum Gasteiger partial charge on any atom is 0.252 e. The molecule has 1 heterocycles. The molecule has 1 fully saturated rings. The Morgan fingerprint density at radius 1 is 1.10 bits per heavy atom. The summed E-state index contributed by atoms with van der Waals surface area (Å²) in [5.74, 6) is 0.0335. The molecule has 1 aliphatic rings. The zero-order valence-electron chi connectivity index (χ0n) is 12.2. The van der Waals surface area contributed by atoms with Crippen LogP contribution < -0.4 is 10.6 Å². The molecule has 4 heteroatoms. The van der Waals surface area contributed by atoms with Crippen molar-refractivity contribution in [2.45, 2.75) is 25.3 Å². The van der Waals surface area contributed by atoms with E-state index >= 15 is 0 Å². The van der Waals surface area contributed by atoms with Crippen LogP contribution in [0.5, 0.6) is 0 Å². The molecular weight excluding hydrogens is 284 g/mol. The number of carbonyl (C=O) groups excluding carboxylic acids is 1. The van der Waals surface area contributed by atoms with Gasteiger partial charge < -0.3 is 10.6 Å². The number of piperidine rings is 1. The lowest BCUT2D eigenvalue weighted by Crippen LogP contribution is -2.52. The Morgan fingerprint density at radius 3 is 2.52 bits per heavy atom. The normalized spacial score (nSPS) is 17.0. The van der Waals surface area contributed by atoms with Gasteiger partial charge in [0.15, 0.2) is 0 Å². The lowest BCUT2D eigenvalue weighted by Gasteiger charge is -2.35. The molecule has 0 spiro atoms. The van der Waals surface area contributed by atoms with Gasteiger partial charge in [-0.25, -0.2) is 0 Å². The van der Waals surface area contributed by atoms with E-state index in [1.807, 2.05) is 42.5 Å². The SMILES string of the molecule is CC1(NC(=O)c2cccc3ccccc23)CCNCC1.Cl. The smallest absolute Gasteiger partial charge is 0.252 e. The summed E-state index contributed by atoms with van der Waals surface area (Å²) < 4.78 is 0. The topological polar surface area (TPSA) is 41.1 Å². The van der Waals surface area contributed by atoms with E-state index in [1.165, 1.54) is 0 Å². The van der Waals surface area contributed by atoms with Crippen molar-refractivity contribution in [3.05, 3.63) is 48.0 Å². The number of nitrogens with one attached hydrogen (secondary N) is 2. The van der Waals surface area contributed by atoms with Gasteiger partial charge >= 0.3 is 0 Å². The van der Waals surface area contributed by atoms with Crippen LogP contribution in [0.2, 0.25) is 0 Å². The molecule has 0 saturated carbocycles. The summed E-state index contributed by atoms with van der Waals surface area (Å²) in [5, 5.41) is 8.68. The van der Waals surface area contributed by atoms with Crippen molar-refractivity contribution < 1.29 is 4.79 Å². The quantitative estimate of drug-likeness (QED) is 0.895. The summed E-state index contributed by atoms with van der Waals surface area (Å²) >= 11 is 0. The largest absolute Gasteiger partial charge is 0.347 e. The lowest BCUT2D eigenvalue weighted by molar-refractivity contribution is 0.0889. The molecule has 0 bridgehead atoms. The fraction of sp³-hybridized carbons (Fsp3) is 0.353. The second-order valence-corrected chi connectivity index (χ2v) is 5.79. The third kappa shape index (κ3) is 3.36. The van der Waals surface area contributed by atoms with Crippen LogP contribution in [-0.2, 0) is 0 Å². The summed E-state index contributed by atoms with van der Waals surface area (Å²) in [4.78, 5) is 12.6. The van der Waals surface area contributed by atoms with Gasteiger partial charge in [0.25, 0.3) is 5.91 Å². The molecular formula is C17H21ClN2O. The van der Waals surface area contributed by atoms with E-state index < -0.39 is 0 Å². The van der Waals surface area contributed by atoms with Crippen LogP contribution in [0, 0.1) is 0 Å². The lowest BCUT2D eigenvalue weighted by atomic mass is 9.90. The summed E-state index contributed by atoms with van der Waals surface area (Å²) in [5.41, 5.74) is 0.669. The Balaban J connectivity index is 0.00000161. The standard InChI is InChI=1S/C17H20N2O.ClH/c1-17(9-11-18-12-10-17)19-16(20)15-8-4-6-13-5-2-3-7-14(13)15;/h2-8,18H,9-12H2,1H3,(H,19,20);1H. The highest BCUT2D eigenvalue weighted by molar-refractivity contribution is 6.07. The first-order chi connectivity index (χ1) is 9.68. The summed E-state index contributed by atoms with van der Waals surface area (Å²) in [6, 6.07) is 13.9. The number of rotatable bonds is 2. The second kappa shape index (κ2) is 6.46. The number of hydrogen-bond donors (Lipinski definition) is 2. The van der Waals surface area contributed by atoms with Crippen molar-refractivity contribution in [1.29, 1.82) is 0 Å². The van der Waals surface area contributed by atoms with Crippen molar-refractivity contribution in [2.24, 2.45) is 0 Å². The predicted octanol–water partition coefficient (Wildman–Crippen LogP) is 3.13. The van der Waals surface area contributed by atoms with Crippen LogP contribution in [-0.4, -0.2) is 24.5 Å². The number of benzene rings is 2. The van der Waals surface area contributed by atoms with Gasteiger partial charge in [-0.2, -0.15) is 0 Å². The Morgan fingerprint density at radius 2 is 1.76 bits per heavy atom. The molecule has 21 heavy (non-hydrogen) atoms. The zero-order valence-corrected chi connectivity index (χ0v) is 13.0. The predicted molar refractivity (Wildman–Crippen MR) is 89.2 cm³/mol. The number of halogens is 1. The van der Waals surface area contributed by atoms with E-state index in [2.05, 4.69) is 17.6 Å². The van der Waals surface area contributed by atoms with E-state index in [0.717, 1.165) is 42.3 Å². The summed E-state index contributed by atoms with van der Waals surface area (Å²) in [7, 11) is 0. The van der Waals surface area contributed by atoms with Crippen LogP contribution in [0.25, 0.3) is 10.8 Å². The van der Waals surface area contributed by atoms with Gasteiger partial charge in [-0.05, 0) is 49.7 Å². The Labute approximate surface area is 131 Å². The van der Waals surface area contributed by atoms with E-state index in [-0.39, 0.29) is 23.9 Å². The highest BCUT2D eigenvalue weighted by Gasteiger charge is 2.28. The van der Waals surface area contributed by atoms with Gasteiger partial charge in [0, 0.05) is 11.1 Å². The molecule has 0 aromatic heterocycles. The third-order valence-electron chi connectivity index (χ3n) is 4.16. The van der Waals surface area contributed by atoms with Crippen molar-refractivity contribution in [2.75, 3.05) is 13.1 Å². The number of amides is 1. The molecule has 2 aromatic carbocycles. The Hall–Kier alpha value is -1.58. The molecule has 0 radical (unpaired) electrons. The van der Waals surface area contributed by atoms with Crippen LogP contribution >= 0.6 is 12.4 Å². The first-order valence-corrected chi connectivity index (χ1v) is 7.19. The molecule has 1 amide bonds. The van der Waals surface area contributed by atoms with Gasteiger partial charge in [0.2, 0.25) is 0 Å². The fourth-order valence-corrected chi connectivity index (χ4v) is 2.87. The van der Waals surface area contributed by atoms with Crippen LogP contribution in [0.1, 0.15) is 30.1 Å². The molecule has 0 unspecified atom stereocenters. The average Bonchev–Trinajstić information content (AvgIpc) is 2.47. The highest BCUT2D eigenvalue weighted by Crippen LogP contribution is 2.21. The Kier molecular flexibility index (Phi) is 4.86. The van der Waals surface area contributed by atoms with Crippen molar-refractivity contribution in [3.8, 4) is 0 Å². The summed E-state index contributed by atoms with van der Waals surface area (Å²) in [6.07, 6.45) is 1.95. The number of hydrogen-bond acceptors (Lipinski definition) is 2. The number of fused-ring (bicyclic) bond motifs is 1. The molecule has 112 valence electrons. The maximum atomic E-state index is 12.6. The minimum atomic E-state index is -0.0979. The van der Waals surface area contributed by atoms with E-state index in [0.29, 0.717) is 0 Å². The zero-order chi connectivity index (χ0) is 14.0. The first-order valence-electron chi connectivity index (χ1n) is 7.19. The van der Waals surface area contributed by atoms with Gasteiger partial charge in [-0.1, -0.05) is 36.4 Å². The van der Waals surface area contributed by atoms with Crippen LogP contribution in [0.4, 0.5) is 0 Å². The second-order valence-electron chi connectivity index (χ2n) is 5.79. The molecule has 1 saturated heterocycles. The maximum absolute atomic E-state index is 12.6. The molecule has 1 aliphatic heterocycles. The third-order valence-corrected chi connectivity index (χ3v) is 4.16. The molecule has 0 aliphatic carbocycles. The fourth-order valence-electron chi connectivity index (χ4n) is 2.87. The van der Waals surface area contributed by atoms with Gasteiger partial charge in [0.05, 0.1) is 0 Å². The average molecular weight is 305 g/mol. The monoisotopic (exact) mass is 304 g/mol. The molecule has 3 rings (SSSR count). The number of carbonyl (C=O) groups is 1. The molecule has 3 nitrogen and oxygen atoms in total. The first kappa shape index (κ1) is 15.8. The molecule has 2 N–H and O–H groups in total. The van der Waals surface area contributed by atoms with E-state index in [9.17, 15) is 4.79 Å². The van der Waals surface area contributed by atoms with Crippen molar-refractivity contribution in [1.82, 2.24) is 10.6 Å². The minimum absolute atomic E-state index is 0. The minimum Gasteiger partial charge on any atom is -0.347 e. The Bertz CT molecular complexity index is 630. The van der Waals surface area contributed by atoms with Gasteiger partial charge in [-0.3, -0.25) is 4.79 Å². The molecule has 0 atom stereocenters. The summed E-state index contributed by atoms with van der Waals surface area (Å²) in [6.45, 7) is 4.06. The van der Waals surface area contributed by atoms with Crippen LogP contribution in [0.3, 0.4) is 0 Å². The van der Waals surface area contributed by atoms with Gasteiger partial charge in [-0.15, -0.1) is 12.4 Å².